The molecule has 4 rings (SSSR count). The van der Waals surface area contributed by atoms with Crippen LogP contribution in [-0.2, 0) is 19.1 Å². The van der Waals surface area contributed by atoms with Crippen LogP contribution < -0.4 is 20.7 Å². The van der Waals surface area contributed by atoms with Crippen LogP contribution in [0.25, 0.3) is 0 Å². The van der Waals surface area contributed by atoms with Gasteiger partial charge in [0.25, 0.3) is 11.8 Å². The number of alkyl halides is 3. The van der Waals surface area contributed by atoms with E-state index in [0.717, 1.165) is 12.1 Å². The fourth-order valence-corrected chi connectivity index (χ4v) is 4.74. The standard InChI is InChI=1S/C31H33F4N3O4/c1-19-9-22-15-23(10-19)30(41)38-27(28(39)18-36-17-20-5-4-6-24(11-20)31(33,34)35)14-21-12-25(32)16-26(13-21)42-8-3-2-7-37-29(22)40/h4-6,9-13,15-16,27-28,36,39H,2-3,7-8,14,17-18H2,1H3,(H,37,40)(H,38,41). The highest BCUT2D eigenvalue weighted by atomic mass is 19.4. The molecule has 0 saturated carbocycles. The van der Waals surface area contributed by atoms with E-state index in [4.69, 9.17) is 4.74 Å². The SMILES string of the molecule is Cc1cc2cc(c1)C(=O)NC(C(O)CNCc1cccc(C(F)(F)F)c1)Cc1cc(F)cc(c1)OCCCCNC2=O. The van der Waals surface area contributed by atoms with Crippen molar-refractivity contribution in [1.82, 2.24) is 16.0 Å². The van der Waals surface area contributed by atoms with Gasteiger partial charge in [-0.15, -0.1) is 0 Å². The molecule has 0 aromatic heterocycles. The Labute approximate surface area is 241 Å². The first-order valence-electron chi connectivity index (χ1n) is 13.7. The minimum atomic E-state index is -4.48. The molecule has 1 aliphatic heterocycles. The quantitative estimate of drug-likeness (QED) is 0.329. The number of nitrogens with one attached hydrogen (secondary N) is 3. The highest BCUT2D eigenvalue weighted by molar-refractivity contribution is 6.00. The third-order valence-corrected chi connectivity index (χ3v) is 6.83. The second-order valence-electron chi connectivity index (χ2n) is 10.4. The lowest BCUT2D eigenvalue weighted by Crippen LogP contribution is -2.48. The number of aryl methyl sites for hydroxylation is 1. The number of carbonyl (C=O) groups excluding carboxylic acids is 2. The summed E-state index contributed by atoms with van der Waals surface area (Å²) in [7, 11) is 0. The Bertz CT molecular complexity index is 1410. The Balaban J connectivity index is 1.56. The molecule has 42 heavy (non-hydrogen) atoms. The monoisotopic (exact) mass is 587 g/mol. The molecule has 1 heterocycles. The van der Waals surface area contributed by atoms with Crippen molar-refractivity contribution in [3.8, 4) is 5.75 Å². The Morgan fingerprint density at radius 2 is 1.79 bits per heavy atom. The highest BCUT2D eigenvalue weighted by Crippen LogP contribution is 2.29. The number of amides is 2. The zero-order valence-electron chi connectivity index (χ0n) is 23.1. The lowest BCUT2D eigenvalue weighted by atomic mass is 9.99. The van der Waals surface area contributed by atoms with E-state index in [2.05, 4.69) is 16.0 Å². The molecule has 11 heteroatoms. The molecule has 0 fully saturated rings. The molecule has 2 unspecified atom stereocenters. The van der Waals surface area contributed by atoms with Gasteiger partial charge in [0, 0.05) is 36.8 Å². The van der Waals surface area contributed by atoms with E-state index in [1.165, 1.54) is 30.3 Å². The van der Waals surface area contributed by atoms with Crippen LogP contribution in [0.4, 0.5) is 17.6 Å². The molecule has 0 saturated heterocycles. The molecular formula is C31H33F4N3O4. The van der Waals surface area contributed by atoms with Gasteiger partial charge in [0.15, 0.2) is 0 Å². The lowest BCUT2D eigenvalue weighted by Gasteiger charge is -2.25. The fraction of sp³-hybridized carbons (Fsp3) is 0.355. The predicted octanol–water partition coefficient (Wildman–Crippen LogP) is 4.55. The Morgan fingerprint density at radius 1 is 1.02 bits per heavy atom. The van der Waals surface area contributed by atoms with E-state index in [1.807, 2.05) is 0 Å². The molecule has 3 aromatic rings. The van der Waals surface area contributed by atoms with Crippen molar-refractivity contribution in [3.05, 3.63) is 99.9 Å². The largest absolute Gasteiger partial charge is 0.493 e. The molecule has 3 aromatic carbocycles. The summed E-state index contributed by atoms with van der Waals surface area (Å²) in [4.78, 5) is 26.0. The number of halogens is 4. The van der Waals surface area contributed by atoms with Gasteiger partial charge in [0.2, 0.25) is 0 Å². The number of fused-ring (bicyclic) bond motifs is 4. The maximum Gasteiger partial charge on any atom is 0.416 e. The summed E-state index contributed by atoms with van der Waals surface area (Å²) in [5, 5.41) is 19.7. The van der Waals surface area contributed by atoms with Crippen molar-refractivity contribution in [1.29, 1.82) is 0 Å². The van der Waals surface area contributed by atoms with Crippen LogP contribution >= 0.6 is 0 Å². The Kier molecular flexibility index (Phi) is 10.2. The smallest absolute Gasteiger partial charge is 0.416 e. The lowest BCUT2D eigenvalue weighted by molar-refractivity contribution is -0.137. The molecule has 2 atom stereocenters. The summed E-state index contributed by atoms with van der Waals surface area (Å²) >= 11 is 0. The summed E-state index contributed by atoms with van der Waals surface area (Å²) in [6.45, 7) is 2.41. The van der Waals surface area contributed by atoms with E-state index in [0.29, 0.717) is 54.0 Å². The molecule has 4 bridgehead atoms. The molecule has 1 aliphatic rings. The molecule has 7 nitrogen and oxygen atoms in total. The Morgan fingerprint density at radius 3 is 2.55 bits per heavy atom. The number of aliphatic hydroxyl groups excluding tert-OH is 1. The van der Waals surface area contributed by atoms with Crippen LogP contribution in [0.2, 0.25) is 0 Å². The molecule has 4 N–H and O–H groups in total. The summed E-state index contributed by atoms with van der Waals surface area (Å²) in [6, 6.07) is 12.8. The van der Waals surface area contributed by atoms with E-state index in [9.17, 15) is 32.3 Å². The van der Waals surface area contributed by atoms with Gasteiger partial charge < -0.3 is 25.8 Å². The van der Waals surface area contributed by atoms with Gasteiger partial charge in [-0.25, -0.2) is 4.39 Å². The van der Waals surface area contributed by atoms with E-state index < -0.39 is 35.6 Å². The number of hydrogen-bond acceptors (Lipinski definition) is 5. The van der Waals surface area contributed by atoms with Crippen LogP contribution in [0.3, 0.4) is 0 Å². The van der Waals surface area contributed by atoms with Gasteiger partial charge in [-0.2, -0.15) is 13.2 Å². The first kappa shape index (κ1) is 31.0. The van der Waals surface area contributed by atoms with Crippen molar-refractivity contribution < 1.29 is 37.0 Å². The second kappa shape index (κ2) is 13.8. The molecular weight excluding hydrogens is 554 g/mol. The number of aliphatic hydroxyl groups is 1. The first-order valence-corrected chi connectivity index (χ1v) is 13.7. The van der Waals surface area contributed by atoms with Crippen molar-refractivity contribution in [2.45, 2.75) is 51.1 Å². The van der Waals surface area contributed by atoms with E-state index in [1.54, 1.807) is 25.1 Å². The highest BCUT2D eigenvalue weighted by Gasteiger charge is 2.30. The van der Waals surface area contributed by atoms with Gasteiger partial charge >= 0.3 is 6.18 Å². The van der Waals surface area contributed by atoms with Gasteiger partial charge in [-0.3, -0.25) is 9.59 Å². The van der Waals surface area contributed by atoms with Crippen LogP contribution in [0.1, 0.15) is 55.8 Å². The van der Waals surface area contributed by atoms with E-state index >= 15 is 0 Å². The summed E-state index contributed by atoms with van der Waals surface area (Å²) in [5.74, 6) is -1.13. The molecule has 224 valence electrons. The summed E-state index contributed by atoms with van der Waals surface area (Å²) in [6.07, 6.45) is -4.40. The number of carbonyl (C=O) groups is 2. The van der Waals surface area contributed by atoms with Gasteiger partial charge in [0.05, 0.1) is 24.3 Å². The molecule has 0 radical (unpaired) electrons. The van der Waals surface area contributed by atoms with Crippen molar-refractivity contribution in [2.24, 2.45) is 0 Å². The molecule has 0 spiro atoms. The first-order chi connectivity index (χ1) is 20.0. The maximum absolute atomic E-state index is 14.5. The van der Waals surface area contributed by atoms with Gasteiger partial charge in [-0.05, 0) is 79.3 Å². The zero-order valence-corrected chi connectivity index (χ0v) is 23.1. The molecule has 2 amide bonds. The average molecular weight is 588 g/mol. The van der Waals surface area contributed by atoms with Crippen molar-refractivity contribution in [3.63, 3.8) is 0 Å². The van der Waals surface area contributed by atoms with Crippen LogP contribution in [0.5, 0.6) is 5.75 Å². The number of hydrogen-bond donors (Lipinski definition) is 4. The number of rotatable bonds is 5. The predicted molar refractivity (Wildman–Crippen MR) is 149 cm³/mol. The van der Waals surface area contributed by atoms with Crippen molar-refractivity contribution in [2.75, 3.05) is 19.7 Å². The van der Waals surface area contributed by atoms with Gasteiger partial charge in [0.1, 0.15) is 11.6 Å². The van der Waals surface area contributed by atoms with Crippen molar-refractivity contribution >= 4 is 11.8 Å². The Hall–Kier alpha value is -3.96. The third kappa shape index (κ3) is 8.77. The summed E-state index contributed by atoms with van der Waals surface area (Å²) in [5.41, 5.74) is 1.27. The second-order valence-corrected chi connectivity index (χ2v) is 10.4. The molecule has 0 aliphatic carbocycles. The normalized spacial score (nSPS) is 17.4. The zero-order chi connectivity index (χ0) is 30.3. The van der Waals surface area contributed by atoms with Crippen LogP contribution in [-0.4, -0.2) is 48.8 Å². The van der Waals surface area contributed by atoms with Crippen LogP contribution in [0, 0.1) is 12.7 Å². The summed E-state index contributed by atoms with van der Waals surface area (Å²) < 4.78 is 59.4. The van der Waals surface area contributed by atoms with Gasteiger partial charge in [-0.1, -0.05) is 18.2 Å². The van der Waals surface area contributed by atoms with Crippen LogP contribution in [0.15, 0.2) is 60.7 Å². The number of benzene rings is 3. The maximum atomic E-state index is 14.5. The number of ether oxygens (including phenoxy) is 1. The van der Waals surface area contributed by atoms with E-state index in [-0.39, 0.29) is 31.0 Å². The topological polar surface area (TPSA) is 99.7 Å². The minimum absolute atomic E-state index is 0.0332. The minimum Gasteiger partial charge on any atom is -0.493 e. The third-order valence-electron chi connectivity index (χ3n) is 6.83. The fourth-order valence-electron chi connectivity index (χ4n) is 4.74. The average Bonchev–Trinajstić information content (AvgIpc) is 2.93.